The number of rotatable bonds is 6. The fraction of sp³-hybridized carbons (Fsp3) is 0.105. The van der Waals surface area contributed by atoms with Crippen LogP contribution in [-0.2, 0) is 16.0 Å². The molecule has 0 aliphatic rings. The van der Waals surface area contributed by atoms with Crippen molar-refractivity contribution in [2.75, 3.05) is 0 Å². The zero-order valence-corrected chi connectivity index (χ0v) is 13.2. The van der Waals surface area contributed by atoms with Crippen molar-refractivity contribution in [3.8, 4) is 0 Å². The van der Waals surface area contributed by atoms with Crippen LogP contribution >= 0.6 is 0 Å². The predicted molar refractivity (Wildman–Crippen MR) is 92.3 cm³/mol. The standard InChI is InChI=1S/C19H16N2O4/c22-17(14-11-20-15-9-5-4-8-13(14)15)18(23)21-16(19(24)25)10-12-6-2-1-3-7-12/h1-9,11,16,20H,10H2,(H,21,23)(H,24,25)/t16-/m0/s1. The zero-order chi connectivity index (χ0) is 17.8. The van der Waals surface area contributed by atoms with E-state index in [0.717, 1.165) is 11.1 Å². The number of aliphatic carboxylic acids is 1. The smallest absolute Gasteiger partial charge is 0.326 e. The second-order valence-electron chi connectivity index (χ2n) is 5.63. The van der Waals surface area contributed by atoms with Crippen LogP contribution in [0, 0.1) is 0 Å². The van der Waals surface area contributed by atoms with E-state index >= 15 is 0 Å². The highest BCUT2D eigenvalue weighted by Gasteiger charge is 2.26. The number of carbonyl (C=O) groups is 3. The minimum absolute atomic E-state index is 0.100. The molecule has 2 aromatic carbocycles. The molecule has 3 aromatic rings. The number of H-pyrrole nitrogens is 1. The van der Waals surface area contributed by atoms with E-state index in [1.807, 2.05) is 12.1 Å². The molecular weight excluding hydrogens is 320 g/mol. The first-order valence-corrected chi connectivity index (χ1v) is 7.74. The van der Waals surface area contributed by atoms with Crippen LogP contribution in [0.4, 0.5) is 0 Å². The Kier molecular flexibility index (Phi) is 4.61. The van der Waals surface area contributed by atoms with Gasteiger partial charge in [-0.1, -0.05) is 48.5 Å². The molecule has 0 fully saturated rings. The molecule has 0 spiro atoms. The van der Waals surface area contributed by atoms with Gasteiger partial charge in [0.15, 0.2) is 0 Å². The number of Topliss-reactive ketones (excluding diaryl/α,β-unsaturated/α-hetero) is 1. The summed E-state index contributed by atoms with van der Waals surface area (Å²) in [7, 11) is 0. The fourth-order valence-corrected chi connectivity index (χ4v) is 2.66. The van der Waals surface area contributed by atoms with Crippen molar-refractivity contribution in [2.45, 2.75) is 12.5 Å². The number of carboxylic acids is 1. The largest absolute Gasteiger partial charge is 0.480 e. The van der Waals surface area contributed by atoms with Gasteiger partial charge in [-0.3, -0.25) is 9.59 Å². The summed E-state index contributed by atoms with van der Waals surface area (Å²) in [6, 6.07) is 14.8. The molecule has 0 aliphatic carbocycles. The highest BCUT2D eigenvalue weighted by atomic mass is 16.4. The lowest BCUT2D eigenvalue weighted by atomic mass is 10.0. The quantitative estimate of drug-likeness (QED) is 0.474. The number of para-hydroxylation sites is 1. The number of carboxylic acid groups (broad SMARTS) is 1. The molecule has 1 atom stereocenters. The Bertz CT molecular complexity index is 931. The Morgan fingerprint density at radius 3 is 2.40 bits per heavy atom. The van der Waals surface area contributed by atoms with Crippen LogP contribution in [0.5, 0.6) is 0 Å². The van der Waals surface area contributed by atoms with Crippen molar-refractivity contribution in [1.29, 1.82) is 0 Å². The molecule has 0 radical (unpaired) electrons. The second kappa shape index (κ2) is 7.00. The average Bonchev–Trinajstić information content (AvgIpc) is 3.05. The lowest BCUT2D eigenvalue weighted by Gasteiger charge is -2.14. The van der Waals surface area contributed by atoms with Crippen molar-refractivity contribution >= 4 is 28.6 Å². The number of carbonyl (C=O) groups excluding carboxylic acids is 2. The summed E-state index contributed by atoms with van der Waals surface area (Å²) in [6.07, 6.45) is 1.56. The summed E-state index contributed by atoms with van der Waals surface area (Å²) >= 11 is 0. The maximum atomic E-state index is 12.4. The van der Waals surface area contributed by atoms with Crippen LogP contribution < -0.4 is 5.32 Å². The van der Waals surface area contributed by atoms with E-state index < -0.39 is 23.7 Å². The number of amides is 1. The Labute approximate surface area is 143 Å². The van der Waals surface area contributed by atoms with Crippen molar-refractivity contribution < 1.29 is 19.5 Å². The van der Waals surface area contributed by atoms with Gasteiger partial charge in [0.1, 0.15) is 6.04 Å². The minimum Gasteiger partial charge on any atom is -0.480 e. The summed E-state index contributed by atoms with van der Waals surface area (Å²) in [5.41, 5.74) is 1.71. The first kappa shape index (κ1) is 16.4. The molecule has 3 rings (SSSR count). The lowest BCUT2D eigenvalue weighted by Crippen LogP contribution is -2.45. The summed E-state index contributed by atoms with van der Waals surface area (Å²) in [4.78, 5) is 39.0. The summed E-state index contributed by atoms with van der Waals surface area (Å²) in [6.45, 7) is 0. The molecule has 1 heterocycles. The molecule has 0 saturated carbocycles. The van der Waals surface area contributed by atoms with Crippen LogP contribution in [0.25, 0.3) is 10.9 Å². The number of hydrogen-bond donors (Lipinski definition) is 3. The highest BCUT2D eigenvalue weighted by molar-refractivity contribution is 6.45. The average molecular weight is 336 g/mol. The zero-order valence-electron chi connectivity index (χ0n) is 13.2. The van der Waals surface area contributed by atoms with Crippen LogP contribution in [-0.4, -0.2) is 33.8 Å². The van der Waals surface area contributed by atoms with E-state index in [2.05, 4.69) is 10.3 Å². The van der Waals surface area contributed by atoms with E-state index in [9.17, 15) is 19.5 Å². The SMILES string of the molecule is O=C(N[C@@H](Cc1ccccc1)C(=O)O)C(=O)c1c[nH]c2ccccc12. The molecule has 6 nitrogen and oxygen atoms in total. The molecule has 126 valence electrons. The van der Waals surface area contributed by atoms with Crippen LogP contribution in [0.15, 0.2) is 60.8 Å². The van der Waals surface area contributed by atoms with Gasteiger partial charge in [-0.05, 0) is 11.6 Å². The fourth-order valence-electron chi connectivity index (χ4n) is 2.66. The molecule has 3 N–H and O–H groups in total. The normalized spacial score (nSPS) is 11.8. The minimum atomic E-state index is -1.19. The number of fused-ring (bicyclic) bond motifs is 1. The molecule has 0 saturated heterocycles. The number of hydrogen-bond acceptors (Lipinski definition) is 3. The van der Waals surface area contributed by atoms with Gasteiger partial charge in [-0.15, -0.1) is 0 Å². The number of benzene rings is 2. The molecule has 6 heteroatoms. The maximum Gasteiger partial charge on any atom is 0.326 e. The van der Waals surface area contributed by atoms with Gasteiger partial charge in [0.05, 0.1) is 5.56 Å². The van der Waals surface area contributed by atoms with Crippen LogP contribution in [0.3, 0.4) is 0 Å². The van der Waals surface area contributed by atoms with Gasteiger partial charge in [0.25, 0.3) is 11.7 Å². The second-order valence-corrected chi connectivity index (χ2v) is 5.63. The summed E-state index contributed by atoms with van der Waals surface area (Å²) in [5.74, 6) is -2.89. The third-order valence-electron chi connectivity index (χ3n) is 3.93. The van der Waals surface area contributed by atoms with Crippen molar-refractivity contribution in [1.82, 2.24) is 10.3 Å². The topological polar surface area (TPSA) is 99.3 Å². The molecule has 1 amide bonds. The number of aromatic nitrogens is 1. The van der Waals surface area contributed by atoms with Crippen molar-refractivity contribution in [3.05, 3.63) is 71.9 Å². The van der Waals surface area contributed by atoms with Gasteiger partial charge in [0.2, 0.25) is 0 Å². The summed E-state index contributed by atoms with van der Waals surface area (Å²) in [5, 5.41) is 12.3. The molecule has 0 bridgehead atoms. The van der Waals surface area contributed by atoms with Gasteiger partial charge in [-0.25, -0.2) is 4.79 Å². The van der Waals surface area contributed by atoms with E-state index in [4.69, 9.17) is 0 Å². The number of nitrogens with one attached hydrogen (secondary N) is 2. The van der Waals surface area contributed by atoms with Crippen LogP contribution in [0.1, 0.15) is 15.9 Å². The first-order valence-electron chi connectivity index (χ1n) is 7.74. The third kappa shape index (κ3) is 3.58. The van der Waals surface area contributed by atoms with E-state index in [0.29, 0.717) is 5.39 Å². The molecular formula is C19H16N2O4. The Morgan fingerprint density at radius 2 is 1.68 bits per heavy atom. The highest BCUT2D eigenvalue weighted by Crippen LogP contribution is 2.18. The predicted octanol–water partition coefficient (Wildman–Crippen LogP) is 2.16. The lowest BCUT2D eigenvalue weighted by molar-refractivity contribution is -0.141. The monoisotopic (exact) mass is 336 g/mol. The summed E-state index contributed by atoms with van der Waals surface area (Å²) < 4.78 is 0. The van der Waals surface area contributed by atoms with E-state index in [-0.39, 0.29) is 12.0 Å². The Balaban J connectivity index is 1.77. The van der Waals surface area contributed by atoms with Crippen molar-refractivity contribution in [3.63, 3.8) is 0 Å². The maximum absolute atomic E-state index is 12.4. The van der Waals surface area contributed by atoms with Gasteiger partial charge in [0, 0.05) is 23.5 Å². The molecule has 0 aliphatic heterocycles. The van der Waals surface area contributed by atoms with E-state index in [1.165, 1.54) is 6.20 Å². The number of ketones is 1. The van der Waals surface area contributed by atoms with E-state index in [1.54, 1.807) is 42.5 Å². The van der Waals surface area contributed by atoms with Gasteiger partial charge in [-0.2, -0.15) is 0 Å². The van der Waals surface area contributed by atoms with Crippen molar-refractivity contribution in [2.24, 2.45) is 0 Å². The van der Waals surface area contributed by atoms with Gasteiger partial charge >= 0.3 is 5.97 Å². The Morgan fingerprint density at radius 1 is 1.00 bits per heavy atom. The molecule has 0 unspecified atom stereocenters. The van der Waals surface area contributed by atoms with Gasteiger partial charge < -0.3 is 15.4 Å². The molecule has 25 heavy (non-hydrogen) atoms. The first-order chi connectivity index (χ1) is 12.1. The number of aromatic amines is 1. The third-order valence-corrected chi connectivity index (χ3v) is 3.93. The Hall–Kier alpha value is -3.41. The van der Waals surface area contributed by atoms with Crippen LogP contribution in [0.2, 0.25) is 0 Å². The molecule has 1 aromatic heterocycles.